The molecule has 4 nitrogen and oxygen atoms in total. The zero-order valence-corrected chi connectivity index (χ0v) is 11.3. The maximum atomic E-state index is 11.6. The van der Waals surface area contributed by atoms with Crippen LogP contribution in [-0.4, -0.2) is 29.2 Å². The molecule has 18 heavy (non-hydrogen) atoms. The summed E-state index contributed by atoms with van der Waals surface area (Å²) in [5.74, 6) is 0.518. The lowest BCUT2D eigenvalue weighted by Gasteiger charge is -2.36. The third-order valence-corrected chi connectivity index (χ3v) is 3.96. The zero-order valence-electron chi connectivity index (χ0n) is 11.3. The SMILES string of the molecule is C=CCC(N)C(=O)NCC1(O)CCC(CC)CC1. The number of carbonyl (C=O) groups is 1. The maximum absolute atomic E-state index is 11.6. The summed E-state index contributed by atoms with van der Waals surface area (Å²) < 4.78 is 0. The monoisotopic (exact) mass is 254 g/mol. The van der Waals surface area contributed by atoms with Crippen molar-refractivity contribution in [1.29, 1.82) is 0 Å². The van der Waals surface area contributed by atoms with Crippen LogP contribution in [0.5, 0.6) is 0 Å². The first-order chi connectivity index (χ1) is 8.50. The molecular weight excluding hydrogens is 228 g/mol. The molecule has 0 aromatic heterocycles. The third kappa shape index (κ3) is 4.42. The van der Waals surface area contributed by atoms with E-state index in [9.17, 15) is 9.90 Å². The Labute approximate surface area is 110 Å². The van der Waals surface area contributed by atoms with Gasteiger partial charge < -0.3 is 16.2 Å². The van der Waals surface area contributed by atoms with Crippen LogP contribution in [0.25, 0.3) is 0 Å². The number of nitrogens with two attached hydrogens (primary N) is 1. The summed E-state index contributed by atoms with van der Waals surface area (Å²) >= 11 is 0. The largest absolute Gasteiger partial charge is 0.388 e. The Balaban J connectivity index is 2.34. The van der Waals surface area contributed by atoms with E-state index >= 15 is 0 Å². The van der Waals surface area contributed by atoms with Gasteiger partial charge in [-0.05, 0) is 38.0 Å². The van der Waals surface area contributed by atoms with Crippen molar-refractivity contribution in [2.75, 3.05) is 6.54 Å². The molecule has 1 amide bonds. The zero-order chi connectivity index (χ0) is 13.6. The Kier molecular flexibility index (Phi) is 5.82. The Hall–Kier alpha value is -0.870. The number of nitrogens with one attached hydrogen (secondary N) is 1. The molecule has 0 aromatic carbocycles. The van der Waals surface area contributed by atoms with E-state index in [0.717, 1.165) is 31.6 Å². The van der Waals surface area contributed by atoms with E-state index < -0.39 is 11.6 Å². The van der Waals surface area contributed by atoms with Gasteiger partial charge in [-0.3, -0.25) is 4.79 Å². The highest BCUT2D eigenvalue weighted by atomic mass is 16.3. The van der Waals surface area contributed by atoms with Crippen LogP contribution in [-0.2, 0) is 4.79 Å². The van der Waals surface area contributed by atoms with Crippen LogP contribution in [0.4, 0.5) is 0 Å². The molecule has 1 atom stereocenters. The van der Waals surface area contributed by atoms with Gasteiger partial charge in [0.05, 0.1) is 11.6 Å². The summed E-state index contributed by atoms with van der Waals surface area (Å²) in [5.41, 5.74) is 4.92. The van der Waals surface area contributed by atoms with Gasteiger partial charge in [-0.15, -0.1) is 6.58 Å². The maximum Gasteiger partial charge on any atom is 0.237 e. The van der Waals surface area contributed by atoms with Crippen molar-refractivity contribution < 1.29 is 9.90 Å². The van der Waals surface area contributed by atoms with Crippen molar-refractivity contribution in [2.45, 2.75) is 57.1 Å². The lowest BCUT2D eigenvalue weighted by atomic mass is 9.78. The molecule has 4 heteroatoms. The number of amides is 1. The third-order valence-electron chi connectivity index (χ3n) is 3.96. The van der Waals surface area contributed by atoms with E-state index in [-0.39, 0.29) is 5.91 Å². The molecule has 1 saturated carbocycles. The van der Waals surface area contributed by atoms with Gasteiger partial charge in [0.1, 0.15) is 0 Å². The normalized spacial score (nSPS) is 29.6. The minimum absolute atomic E-state index is 0.207. The Morgan fingerprint density at radius 3 is 2.72 bits per heavy atom. The van der Waals surface area contributed by atoms with Crippen LogP contribution in [0.15, 0.2) is 12.7 Å². The summed E-state index contributed by atoms with van der Waals surface area (Å²) in [6.45, 7) is 6.05. The van der Waals surface area contributed by atoms with Gasteiger partial charge in [0.2, 0.25) is 5.91 Å². The fourth-order valence-corrected chi connectivity index (χ4v) is 2.47. The first-order valence-corrected chi connectivity index (χ1v) is 6.87. The molecule has 0 aromatic rings. The predicted molar refractivity (Wildman–Crippen MR) is 73.0 cm³/mol. The van der Waals surface area contributed by atoms with Crippen molar-refractivity contribution in [2.24, 2.45) is 11.7 Å². The number of hydrogen-bond acceptors (Lipinski definition) is 3. The van der Waals surface area contributed by atoms with Gasteiger partial charge in [-0.2, -0.15) is 0 Å². The molecule has 0 aliphatic heterocycles. The quantitative estimate of drug-likeness (QED) is 0.626. The molecule has 4 N–H and O–H groups in total. The van der Waals surface area contributed by atoms with Crippen LogP contribution in [0.3, 0.4) is 0 Å². The average molecular weight is 254 g/mol. The van der Waals surface area contributed by atoms with Crippen molar-refractivity contribution in [3.63, 3.8) is 0 Å². The van der Waals surface area contributed by atoms with Gasteiger partial charge >= 0.3 is 0 Å². The Morgan fingerprint density at radius 1 is 1.61 bits per heavy atom. The number of carbonyl (C=O) groups excluding carboxylic acids is 1. The molecule has 1 aliphatic carbocycles. The van der Waals surface area contributed by atoms with Crippen LogP contribution in [0, 0.1) is 5.92 Å². The van der Waals surface area contributed by atoms with Crippen molar-refractivity contribution in [1.82, 2.24) is 5.32 Å². The smallest absolute Gasteiger partial charge is 0.237 e. The molecule has 104 valence electrons. The van der Waals surface area contributed by atoms with E-state index in [1.807, 2.05) is 0 Å². The Morgan fingerprint density at radius 2 is 2.22 bits per heavy atom. The van der Waals surface area contributed by atoms with Gasteiger partial charge in [-0.1, -0.05) is 19.4 Å². The van der Waals surface area contributed by atoms with Crippen molar-refractivity contribution in [3.05, 3.63) is 12.7 Å². The van der Waals surface area contributed by atoms with Gasteiger partial charge in [-0.25, -0.2) is 0 Å². The van der Waals surface area contributed by atoms with Crippen LogP contribution >= 0.6 is 0 Å². The highest BCUT2D eigenvalue weighted by Gasteiger charge is 2.33. The Bertz CT molecular complexity index is 284. The molecule has 1 fully saturated rings. The van der Waals surface area contributed by atoms with Crippen LogP contribution < -0.4 is 11.1 Å². The summed E-state index contributed by atoms with van der Waals surface area (Å²) in [7, 11) is 0. The summed E-state index contributed by atoms with van der Waals surface area (Å²) in [6.07, 6.45) is 6.88. The second-order valence-electron chi connectivity index (χ2n) is 5.42. The number of aliphatic hydroxyl groups is 1. The molecular formula is C14H26N2O2. The molecule has 1 rings (SSSR count). The van der Waals surface area contributed by atoms with Crippen LogP contribution in [0.1, 0.15) is 45.4 Å². The topological polar surface area (TPSA) is 75.4 Å². The van der Waals surface area contributed by atoms with Crippen LogP contribution in [0.2, 0.25) is 0 Å². The minimum atomic E-state index is -0.741. The molecule has 1 unspecified atom stereocenters. The number of hydrogen-bond donors (Lipinski definition) is 3. The molecule has 0 radical (unpaired) electrons. The lowest BCUT2D eigenvalue weighted by Crippen LogP contribution is -2.49. The summed E-state index contributed by atoms with van der Waals surface area (Å²) in [6, 6.07) is -0.557. The standard InChI is InChI=1S/C14H26N2O2/c1-3-5-12(15)13(17)16-10-14(18)8-6-11(4-2)7-9-14/h3,11-12,18H,1,4-10,15H2,2H3,(H,16,17). The van der Waals surface area contributed by atoms with Gasteiger partial charge in [0.25, 0.3) is 0 Å². The number of rotatable bonds is 6. The van der Waals surface area contributed by atoms with E-state index in [1.165, 1.54) is 6.42 Å². The van der Waals surface area contributed by atoms with E-state index in [2.05, 4.69) is 18.8 Å². The second kappa shape index (κ2) is 6.90. The molecule has 0 heterocycles. The summed E-state index contributed by atoms with van der Waals surface area (Å²) in [5, 5.41) is 13.1. The molecule has 0 spiro atoms. The minimum Gasteiger partial charge on any atom is -0.388 e. The summed E-state index contributed by atoms with van der Waals surface area (Å²) in [4.78, 5) is 11.6. The predicted octanol–water partition coefficient (Wildman–Crippen LogP) is 1.34. The van der Waals surface area contributed by atoms with E-state index in [0.29, 0.717) is 13.0 Å². The van der Waals surface area contributed by atoms with Crippen molar-refractivity contribution >= 4 is 5.91 Å². The first kappa shape index (κ1) is 15.2. The fourth-order valence-electron chi connectivity index (χ4n) is 2.47. The van der Waals surface area contributed by atoms with Crippen molar-refractivity contribution in [3.8, 4) is 0 Å². The molecule has 1 aliphatic rings. The highest BCUT2D eigenvalue weighted by molar-refractivity contribution is 5.81. The fraction of sp³-hybridized carbons (Fsp3) is 0.786. The molecule has 0 bridgehead atoms. The first-order valence-electron chi connectivity index (χ1n) is 6.87. The second-order valence-corrected chi connectivity index (χ2v) is 5.42. The average Bonchev–Trinajstić information content (AvgIpc) is 2.37. The van der Waals surface area contributed by atoms with Gasteiger partial charge in [0, 0.05) is 6.54 Å². The molecule has 0 saturated heterocycles. The van der Waals surface area contributed by atoms with E-state index in [1.54, 1.807) is 6.08 Å². The van der Waals surface area contributed by atoms with E-state index in [4.69, 9.17) is 5.73 Å². The lowest BCUT2D eigenvalue weighted by molar-refractivity contribution is -0.124. The highest BCUT2D eigenvalue weighted by Crippen LogP contribution is 2.33. The van der Waals surface area contributed by atoms with Gasteiger partial charge in [0.15, 0.2) is 0 Å².